The molecule has 8 nitrogen and oxygen atoms in total. The molecule has 8 heteroatoms. The second-order valence-electron chi connectivity index (χ2n) is 8.60. The third-order valence-corrected chi connectivity index (χ3v) is 6.63. The molecule has 0 spiro atoms. The SMILES string of the molecule is CCOC(=O)C1CCN(C(=O)C2CCN(c3cc(-c4ccc(OC)cc4)ncn3)CC2)CC1. The number of amides is 1. The molecule has 0 bridgehead atoms. The number of piperidine rings is 2. The lowest BCUT2D eigenvalue weighted by atomic mass is 9.92. The summed E-state index contributed by atoms with van der Waals surface area (Å²) in [6, 6.07) is 9.82. The molecule has 3 heterocycles. The minimum Gasteiger partial charge on any atom is -0.497 e. The molecule has 0 saturated carbocycles. The van der Waals surface area contributed by atoms with Crippen LogP contribution in [0.25, 0.3) is 11.3 Å². The predicted octanol–water partition coefficient (Wildman–Crippen LogP) is 3.17. The molecule has 0 atom stereocenters. The van der Waals surface area contributed by atoms with Crippen LogP contribution in [0.1, 0.15) is 32.6 Å². The summed E-state index contributed by atoms with van der Waals surface area (Å²) in [6.45, 7) is 5.08. The molecule has 2 saturated heterocycles. The topological polar surface area (TPSA) is 84.9 Å². The van der Waals surface area contributed by atoms with E-state index in [0.29, 0.717) is 32.5 Å². The van der Waals surface area contributed by atoms with Crippen molar-refractivity contribution in [3.8, 4) is 17.0 Å². The van der Waals surface area contributed by atoms with Crippen LogP contribution in [0.15, 0.2) is 36.7 Å². The highest BCUT2D eigenvalue weighted by Crippen LogP contribution is 2.28. The maximum Gasteiger partial charge on any atom is 0.309 e. The van der Waals surface area contributed by atoms with E-state index in [0.717, 1.165) is 48.8 Å². The molecule has 0 N–H and O–H groups in total. The minimum absolute atomic E-state index is 0.0308. The highest BCUT2D eigenvalue weighted by atomic mass is 16.5. The van der Waals surface area contributed by atoms with Gasteiger partial charge < -0.3 is 19.3 Å². The van der Waals surface area contributed by atoms with Crippen molar-refractivity contribution in [2.75, 3.05) is 44.8 Å². The Balaban J connectivity index is 1.31. The number of methoxy groups -OCH3 is 1. The van der Waals surface area contributed by atoms with Gasteiger partial charge in [-0.1, -0.05) is 0 Å². The van der Waals surface area contributed by atoms with E-state index in [4.69, 9.17) is 9.47 Å². The summed E-state index contributed by atoms with van der Waals surface area (Å²) in [5.74, 6) is 1.74. The summed E-state index contributed by atoms with van der Waals surface area (Å²) >= 11 is 0. The maximum atomic E-state index is 13.0. The minimum atomic E-state index is -0.128. The zero-order valence-electron chi connectivity index (χ0n) is 19.4. The van der Waals surface area contributed by atoms with E-state index in [1.165, 1.54) is 0 Å². The Labute approximate surface area is 194 Å². The number of hydrogen-bond donors (Lipinski definition) is 0. The van der Waals surface area contributed by atoms with E-state index in [1.807, 2.05) is 42.2 Å². The first kappa shape index (κ1) is 23.0. The Morgan fingerprint density at radius 2 is 1.64 bits per heavy atom. The number of ether oxygens (including phenoxy) is 2. The quantitative estimate of drug-likeness (QED) is 0.623. The summed E-state index contributed by atoms with van der Waals surface area (Å²) in [5, 5.41) is 0. The molecule has 2 aromatic rings. The Hall–Kier alpha value is -3.16. The lowest BCUT2D eigenvalue weighted by molar-refractivity contribution is -0.151. The van der Waals surface area contributed by atoms with Gasteiger partial charge in [-0.2, -0.15) is 0 Å². The second kappa shape index (κ2) is 10.6. The van der Waals surface area contributed by atoms with Gasteiger partial charge in [-0.05, 0) is 56.9 Å². The molecule has 2 aliphatic heterocycles. The van der Waals surface area contributed by atoms with E-state index in [-0.39, 0.29) is 23.7 Å². The fourth-order valence-corrected chi connectivity index (χ4v) is 4.65. The van der Waals surface area contributed by atoms with Crippen molar-refractivity contribution in [3.63, 3.8) is 0 Å². The van der Waals surface area contributed by atoms with Crippen LogP contribution < -0.4 is 9.64 Å². The molecule has 2 aliphatic rings. The summed E-state index contributed by atoms with van der Waals surface area (Å²) in [5.41, 5.74) is 1.88. The molecule has 1 aromatic heterocycles. The summed E-state index contributed by atoms with van der Waals surface area (Å²) < 4.78 is 10.4. The molecule has 0 radical (unpaired) electrons. The van der Waals surface area contributed by atoms with Gasteiger partial charge in [0.25, 0.3) is 0 Å². The Kier molecular flexibility index (Phi) is 7.42. The van der Waals surface area contributed by atoms with Crippen LogP contribution in [-0.4, -0.2) is 66.6 Å². The van der Waals surface area contributed by atoms with E-state index < -0.39 is 0 Å². The smallest absolute Gasteiger partial charge is 0.309 e. The van der Waals surface area contributed by atoms with Crippen LogP contribution in [0, 0.1) is 11.8 Å². The normalized spacial score (nSPS) is 17.6. The summed E-state index contributed by atoms with van der Waals surface area (Å²) in [7, 11) is 1.65. The lowest BCUT2D eigenvalue weighted by Crippen LogP contribution is -2.46. The van der Waals surface area contributed by atoms with Crippen molar-refractivity contribution >= 4 is 17.7 Å². The van der Waals surface area contributed by atoms with Gasteiger partial charge in [0.15, 0.2) is 0 Å². The zero-order valence-corrected chi connectivity index (χ0v) is 19.4. The van der Waals surface area contributed by atoms with Gasteiger partial charge in [-0.25, -0.2) is 9.97 Å². The van der Waals surface area contributed by atoms with Gasteiger partial charge in [0.1, 0.15) is 17.9 Å². The number of nitrogens with zero attached hydrogens (tertiary/aromatic N) is 4. The molecule has 2 fully saturated rings. The summed E-state index contributed by atoms with van der Waals surface area (Å²) in [4.78, 5) is 38.0. The Bertz CT molecular complexity index is 949. The standard InChI is InChI=1S/C25H32N4O4/c1-3-33-25(31)20-10-14-29(15-11-20)24(30)19-8-12-28(13-9-19)23-16-22(26-17-27-23)18-4-6-21(32-2)7-5-18/h4-7,16-17,19-20H,3,8-15H2,1-2H3. The zero-order chi connectivity index (χ0) is 23.2. The van der Waals surface area contributed by atoms with Crippen LogP contribution in [0.5, 0.6) is 5.75 Å². The van der Waals surface area contributed by atoms with E-state index in [9.17, 15) is 9.59 Å². The average Bonchev–Trinajstić information content (AvgIpc) is 2.89. The first-order valence-corrected chi connectivity index (χ1v) is 11.8. The summed E-state index contributed by atoms with van der Waals surface area (Å²) in [6.07, 6.45) is 4.59. The molecule has 0 unspecified atom stereocenters. The third kappa shape index (κ3) is 5.43. The number of rotatable bonds is 6. The molecule has 4 rings (SSSR count). The fraction of sp³-hybridized carbons (Fsp3) is 0.520. The van der Waals surface area contributed by atoms with E-state index >= 15 is 0 Å². The van der Waals surface area contributed by atoms with Gasteiger partial charge in [0.05, 0.1) is 25.3 Å². The highest BCUT2D eigenvalue weighted by Gasteiger charge is 2.33. The monoisotopic (exact) mass is 452 g/mol. The van der Waals surface area contributed by atoms with Crippen LogP contribution in [0.4, 0.5) is 5.82 Å². The second-order valence-corrected chi connectivity index (χ2v) is 8.60. The molecule has 1 amide bonds. The number of carbonyl (C=O) groups excluding carboxylic acids is 2. The van der Waals surface area contributed by atoms with Crippen LogP contribution >= 0.6 is 0 Å². The highest BCUT2D eigenvalue weighted by molar-refractivity contribution is 5.80. The van der Waals surface area contributed by atoms with Crippen molar-refractivity contribution in [1.82, 2.24) is 14.9 Å². The first-order valence-electron chi connectivity index (χ1n) is 11.8. The maximum absolute atomic E-state index is 13.0. The molecular formula is C25H32N4O4. The molecular weight excluding hydrogens is 420 g/mol. The van der Waals surface area contributed by atoms with Crippen molar-refractivity contribution in [2.45, 2.75) is 32.6 Å². The number of esters is 1. The largest absolute Gasteiger partial charge is 0.497 e. The first-order chi connectivity index (χ1) is 16.1. The van der Waals surface area contributed by atoms with Crippen LogP contribution in [0.2, 0.25) is 0 Å². The fourth-order valence-electron chi connectivity index (χ4n) is 4.65. The van der Waals surface area contributed by atoms with Gasteiger partial charge >= 0.3 is 5.97 Å². The molecule has 33 heavy (non-hydrogen) atoms. The van der Waals surface area contributed by atoms with Gasteiger partial charge in [0, 0.05) is 43.7 Å². The van der Waals surface area contributed by atoms with Gasteiger partial charge in [-0.3, -0.25) is 9.59 Å². The van der Waals surface area contributed by atoms with E-state index in [2.05, 4.69) is 14.9 Å². The van der Waals surface area contributed by atoms with Crippen molar-refractivity contribution < 1.29 is 19.1 Å². The third-order valence-electron chi connectivity index (χ3n) is 6.63. The van der Waals surface area contributed by atoms with Crippen molar-refractivity contribution in [1.29, 1.82) is 0 Å². The lowest BCUT2D eigenvalue weighted by Gasteiger charge is -2.37. The average molecular weight is 453 g/mol. The number of benzene rings is 1. The molecule has 1 aromatic carbocycles. The Morgan fingerprint density at radius 1 is 0.970 bits per heavy atom. The van der Waals surface area contributed by atoms with Gasteiger partial charge in [-0.15, -0.1) is 0 Å². The van der Waals surface area contributed by atoms with Crippen molar-refractivity contribution in [2.24, 2.45) is 11.8 Å². The molecule has 176 valence electrons. The number of carbonyl (C=O) groups is 2. The number of hydrogen-bond acceptors (Lipinski definition) is 7. The number of likely N-dealkylation sites (tertiary alicyclic amines) is 1. The number of aromatic nitrogens is 2. The van der Waals surface area contributed by atoms with Crippen LogP contribution in [-0.2, 0) is 14.3 Å². The van der Waals surface area contributed by atoms with E-state index in [1.54, 1.807) is 13.4 Å². The Morgan fingerprint density at radius 3 is 2.27 bits per heavy atom. The number of anilines is 1. The molecule has 0 aliphatic carbocycles. The van der Waals surface area contributed by atoms with Crippen molar-refractivity contribution in [3.05, 3.63) is 36.7 Å². The van der Waals surface area contributed by atoms with Crippen LogP contribution in [0.3, 0.4) is 0 Å². The predicted molar refractivity (Wildman–Crippen MR) is 125 cm³/mol. The van der Waals surface area contributed by atoms with Gasteiger partial charge in [0.2, 0.25) is 5.91 Å².